The molecule has 19 nitrogen and oxygen atoms in total. The molecule has 0 radical (unpaired) electrons. The summed E-state index contributed by atoms with van der Waals surface area (Å²) < 4.78 is 47.9. The molecule has 8 unspecified atom stereocenters. The van der Waals surface area contributed by atoms with E-state index in [4.69, 9.17) is 37.9 Å². The number of likely N-dealkylation sites (tertiary alicyclic amines) is 2. The summed E-state index contributed by atoms with van der Waals surface area (Å²) in [7, 11) is 10.5. The quantitative estimate of drug-likeness (QED) is 0.149. The van der Waals surface area contributed by atoms with Gasteiger partial charge in [0.25, 0.3) is 5.91 Å². The van der Waals surface area contributed by atoms with Crippen LogP contribution in [0.15, 0.2) is 67.1 Å². The van der Waals surface area contributed by atoms with E-state index in [-0.39, 0.29) is 67.3 Å². The van der Waals surface area contributed by atoms with Crippen LogP contribution in [0.1, 0.15) is 100 Å². The molecule has 1 amide bonds. The summed E-state index contributed by atoms with van der Waals surface area (Å²) >= 11 is 10.6. The predicted molar refractivity (Wildman–Crippen MR) is 305 cm³/mol. The number of esters is 2. The van der Waals surface area contributed by atoms with E-state index in [9.17, 15) is 39.3 Å². The smallest absolute Gasteiger partial charge is 0.340 e. The number of amides is 1. The first-order valence-corrected chi connectivity index (χ1v) is 29.3. The molecule has 0 aromatic heterocycles. The first kappa shape index (κ1) is 58.9. The number of rotatable bonds is 9. The topological polar surface area (TPSA) is 230 Å². The SMILES string of the molecule is COc1cc(Br)c(C(=O)OC(C)CO)c2c1OC1CC(=O)C=C3CN(C)CCC321.COc1cc(Br)c(C(=O)OCC(C)O)c2c1OC1CC(=O)C=C3CN(C)CCC321.COc1cc(Br)c2c3c1OC1C[C@@H](O)C=CC31CCN(C)C2=O. The lowest BCUT2D eigenvalue weighted by Gasteiger charge is -2.45. The number of nitrogens with zero attached hydrogens (tertiary/aromatic N) is 3. The van der Waals surface area contributed by atoms with Crippen LogP contribution in [0.2, 0.25) is 0 Å². The summed E-state index contributed by atoms with van der Waals surface area (Å²) in [4.78, 5) is 69.9. The number of fused-ring (bicyclic) bond motifs is 2. The van der Waals surface area contributed by atoms with Gasteiger partial charge in [-0.3, -0.25) is 14.4 Å². The minimum atomic E-state index is -0.766. The van der Waals surface area contributed by atoms with Crippen molar-refractivity contribution in [2.75, 3.05) is 88.4 Å². The molecule has 22 heteroatoms. The van der Waals surface area contributed by atoms with E-state index in [0.717, 1.165) is 64.7 Å². The number of carbonyl (C=O) groups excluding carboxylic acids is 5. The van der Waals surface area contributed by atoms with Gasteiger partial charge in [-0.25, -0.2) is 9.59 Å². The molecule has 3 aliphatic carbocycles. The number of aliphatic hydroxyl groups is 3. The van der Waals surface area contributed by atoms with Gasteiger partial charge in [0, 0.05) is 76.1 Å². The van der Waals surface area contributed by atoms with E-state index < -0.39 is 41.1 Å². The Bertz CT molecular complexity index is 3220. The molecule has 6 heterocycles. The lowest BCUT2D eigenvalue weighted by Crippen LogP contribution is -2.52. The summed E-state index contributed by atoms with van der Waals surface area (Å²) in [6.45, 7) is 6.33. The molecule has 9 atom stereocenters. The van der Waals surface area contributed by atoms with Crippen molar-refractivity contribution in [3.05, 3.63) is 100 Å². The highest BCUT2D eigenvalue weighted by molar-refractivity contribution is 9.11. The number of benzene rings is 3. The van der Waals surface area contributed by atoms with E-state index in [1.54, 1.807) is 70.4 Å². The van der Waals surface area contributed by atoms with E-state index in [1.165, 1.54) is 0 Å². The Morgan fingerprint density at radius 2 is 1.19 bits per heavy atom. The first-order chi connectivity index (χ1) is 38.6. The van der Waals surface area contributed by atoms with Gasteiger partial charge in [-0.15, -0.1) is 0 Å². The van der Waals surface area contributed by atoms with Gasteiger partial charge in [-0.05, 0) is 150 Å². The van der Waals surface area contributed by atoms with Crippen LogP contribution in [-0.4, -0.2) is 184 Å². The highest BCUT2D eigenvalue weighted by atomic mass is 79.9. The van der Waals surface area contributed by atoms with Crippen molar-refractivity contribution < 1.29 is 77.2 Å². The number of carbonyl (C=O) groups is 5. The second-order valence-electron chi connectivity index (χ2n) is 22.4. The normalized spacial score (nSPS) is 27.9. The lowest BCUT2D eigenvalue weighted by molar-refractivity contribution is -0.118. The van der Waals surface area contributed by atoms with Crippen LogP contribution in [0.25, 0.3) is 0 Å². The van der Waals surface area contributed by atoms with E-state index >= 15 is 0 Å². The number of hydrogen-bond donors (Lipinski definition) is 3. The third-order valence-electron chi connectivity index (χ3n) is 17.2. The van der Waals surface area contributed by atoms with Crippen LogP contribution in [0.4, 0.5) is 0 Å². The zero-order valence-electron chi connectivity index (χ0n) is 46.3. The number of likely N-dealkylation sites (N-methyl/N-ethyl adjacent to an activating group) is 2. The Morgan fingerprint density at radius 3 is 1.68 bits per heavy atom. The predicted octanol–water partition coefficient (Wildman–Crippen LogP) is 6.71. The van der Waals surface area contributed by atoms with Crippen LogP contribution >= 0.6 is 47.8 Å². The van der Waals surface area contributed by atoms with Gasteiger partial charge >= 0.3 is 11.9 Å². The molecule has 81 heavy (non-hydrogen) atoms. The zero-order valence-corrected chi connectivity index (χ0v) is 51.1. The molecule has 12 rings (SSSR count). The van der Waals surface area contributed by atoms with Gasteiger partial charge in [0.2, 0.25) is 0 Å². The molecular formula is C59H66Br3N3O16. The van der Waals surface area contributed by atoms with Crippen LogP contribution < -0.4 is 28.4 Å². The monoisotopic (exact) mass is 1310 g/mol. The minimum Gasteiger partial charge on any atom is -0.493 e. The number of ether oxygens (including phenoxy) is 8. The molecule has 6 aliphatic heterocycles. The third kappa shape index (κ3) is 9.89. The minimum absolute atomic E-state index is 0.0172. The Hall–Kier alpha value is -5.33. The van der Waals surface area contributed by atoms with E-state index in [2.05, 4.69) is 57.6 Å². The maximum absolute atomic E-state index is 13.1. The number of aliphatic hydroxyl groups excluding tert-OH is 3. The molecule has 9 aliphatic rings. The van der Waals surface area contributed by atoms with Crippen LogP contribution in [0.3, 0.4) is 0 Å². The molecule has 0 saturated carbocycles. The summed E-state index contributed by atoms with van der Waals surface area (Å²) in [5.74, 6) is 2.22. The number of piperidine rings is 2. The number of methoxy groups -OCH3 is 3. The zero-order chi connectivity index (χ0) is 58.2. The van der Waals surface area contributed by atoms with Crippen LogP contribution in [0.5, 0.6) is 34.5 Å². The number of ketones is 2. The Morgan fingerprint density at radius 1 is 0.704 bits per heavy atom. The van der Waals surface area contributed by atoms with Crippen molar-refractivity contribution >= 4 is 77.2 Å². The average Bonchev–Trinajstić information content (AvgIpc) is 2.70. The molecule has 3 aromatic rings. The van der Waals surface area contributed by atoms with Crippen molar-refractivity contribution in [2.24, 2.45) is 0 Å². The van der Waals surface area contributed by atoms with Crippen molar-refractivity contribution in [3.63, 3.8) is 0 Å². The highest BCUT2D eigenvalue weighted by Crippen LogP contribution is 2.62. The number of hydrogen-bond acceptors (Lipinski definition) is 18. The lowest BCUT2D eigenvalue weighted by atomic mass is 9.62. The Balaban J connectivity index is 0.000000137. The van der Waals surface area contributed by atoms with Gasteiger partial charge in [-0.2, -0.15) is 0 Å². The summed E-state index contributed by atoms with van der Waals surface area (Å²) in [5.41, 5.74) is 4.08. The highest BCUT2D eigenvalue weighted by Gasteiger charge is 2.60. The Kier molecular flexibility index (Phi) is 16.5. The Labute approximate surface area is 494 Å². The van der Waals surface area contributed by atoms with E-state index in [1.807, 2.05) is 33.3 Å². The first-order valence-electron chi connectivity index (χ1n) is 26.9. The van der Waals surface area contributed by atoms with Crippen LogP contribution in [-0.2, 0) is 35.3 Å². The third-order valence-corrected chi connectivity index (χ3v) is 19.1. The summed E-state index contributed by atoms with van der Waals surface area (Å²) in [6, 6.07) is 5.16. The summed E-state index contributed by atoms with van der Waals surface area (Å²) in [5, 5.41) is 28.9. The molecule has 0 bridgehead atoms. The average molecular weight is 1310 g/mol. The fourth-order valence-corrected chi connectivity index (χ4v) is 15.1. The van der Waals surface area contributed by atoms with Gasteiger partial charge in [-0.1, -0.05) is 12.2 Å². The van der Waals surface area contributed by atoms with Crippen LogP contribution in [0, 0.1) is 0 Å². The van der Waals surface area contributed by atoms with Crippen molar-refractivity contribution in [1.82, 2.24) is 14.7 Å². The molecule has 3 spiro atoms. The number of halogens is 3. The largest absolute Gasteiger partial charge is 0.493 e. The fraction of sp³-hybridized carbons (Fsp3) is 0.508. The fourth-order valence-electron chi connectivity index (χ4n) is 13.4. The van der Waals surface area contributed by atoms with Gasteiger partial charge in [0.1, 0.15) is 31.0 Å². The molecule has 3 aromatic carbocycles. The van der Waals surface area contributed by atoms with Gasteiger partial charge in [0.05, 0.1) is 73.1 Å². The maximum atomic E-state index is 13.1. The van der Waals surface area contributed by atoms with Crippen molar-refractivity contribution in [2.45, 2.75) is 105 Å². The second-order valence-corrected chi connectivity index (χ2v) is 24.9. The standard InChI is InChI=1S/2C21H24BrNO6.C17H18BrNO4/c1-11(24)10-28-20(26)17-14(22)8-15(27-3)19-18(17)21-4-5-23(2)9-12(21)6-13(25)7-16(21)29-19;1-11(10-24)28-20(26)17-14(22)8-15(27-3)19-18(17)21-4-5-23(2)9-12(21)6-13(25)7-16(21)29-19;1-19-6-5-17-4-3-9(20)7-12(17)23-15-11(22-2)8-10(18)13(14(15)17)16(19)21/h2*6,8,11,16,24H,4-5,7,9-10H2,1-3H3;3-4,8-9,12,20H,5-7H2,1-2H3/t;;9-,12?,17?/m..0/s1. The molecule has 434 valence electrons. The molecule has 2 fully saturated rings. The maximum Gasteiger partial charge on any atom is 0.340 e. The van der Waals surface area contributed by atoms with Gasteiger partial charge < -0.3 is 67.9 Å². The number of allylic oxidation sites excluding steroid dienone is 2. The van der Waals surface area contributed by atoms with E-state index in [0.29, 0.717) is 86.2 Å². The molecular weight excluding hydrogens is 1250 g/mol. The second kappa shape index (κ2) is 22.7. The van der Waals surface area contributed by atoms with Crippen molar-refractivity contribution in [1.29, 1.82) is 0 Å². The molecule has 3 N–H and O–H groups in total. The summed E-state index contributed by atoms with van der Waals surface area (Å²) in [6.07, 6.45) is 7.63. The van der Waals surface area contributed by atoms with Crippen molar-refractivity contribution in [3.8, 4) is 34.5 Å². The van der Waals surface area contributed by atoms with Gasteiger partial charge in [0.15, 0.2) is 46.1 Å². The molecule has 2 saturated heterocycles.